The van der Waals surface area contributed by atoms with E-state index in [1.807, 2.05) is 24.3 Å². The Morgan fingerprint density at radius 2 is 1.87 bits per heavy atom. The second-order valence-corrected chi connectivity index (χ2v) is 10.4. The third-order valence-corrected chi connectivity index (χ3v) is 7.39. The molecule has 1 aromatic heterocycles. The first-order valence-electron chi connectivity index (χ1n) is 13.0. The van der Waals surface area contributed by atoms with Crippen LogP contribution in [0.2, 0.25) is 5.02 Å². The summed E-state index contributed by atoms with van der Waals surface area (Å²) in [6, 6.07) is 10.9. The normalized spacial score (nSPS) is 17.5. The van der Waals surface area contributed by atoms with E-state index in [1.54, 1.807) is 12.1 Å². The number of H-pyrrole nitrogens is 1. The molecule has 1 saturated carbocycles. The zero-order valence-corrected chi connectivity index (χ0v) is 21.9. The summed E-state index contributed by atoms with van der Waals surface area (Å²) in [6.07, 6.45) is 4.25. The molecule has 2 fully saturated rings. The largest absolute Gasteiger partial charge is 0.379 e. The molecule has 38 heavy (non-hydrogen) atoms. The molecule has 2 heterocycles. The van der Waals surface area contributed by atoms with Gasteiger partial charge in [-0.2, -0.15) is 5.10 Å². The van der Waals surface area contributed by atoms with E-state index < -0.39 is 16.9 Å². The Labute approximate surface area is 226 Å². The van der Waals surface area contributed by atoms with Gasteiger partial charge in [0.1, 0.15) is 5.60 Å². The third kappa shape index (κ3) is 6.25. The topological polar surface area (TPSA) is 108 Å². The Morgan fingerprint density at radius 1 is 1.13 bits per heavy atom. The maximum absolute atomic E-state index is 13.5. The van der Waals surface area contributed by atoms with Gasteiger partial charge < -0.3 is 15.2 Å². The van der Waals surface area contributed by atoms with Gasteiger partial charge >= 0.3 is 0 Å². The summed E-state index contributed by atoms with van der Waals surface area (Å²) in [7, 11) is 0. The highest BCUT2D eigenvalue weighted by atomic mass is 35.5. The van der Waals surface area contributed by atoms with Gasteiger partial charge in [0.25, 0.3) is 5.91 Å². The van der Waals surface area contributed by atoms with E-state index in [0.717, 1.165) is 43.5 Å². The zero-order chi connectivity index (χ0) is 26.5. The van der Waals surface area contributed by atoms with Crippen LogP contribution in [0.25, 0.3) is 10.9 Å². The molecule has 2 aliphatic rings. The van der Waals surface area contributed by atoms with Gasteiger partial charge in [0, 0.05) is 31.2 Å². The number of ether oxygens (including phenoxy) is 1. The zero-order valence-electron chi connectivity index (χ0n) is 21.2. The van der Waals surface area contributed by atoms with Crippen molar-refractivity contribution in [2.75, 3.05) is 26.3 Å². The fourth-order valence-corrected chi connectivity index (χ4v) is 5.09. The molecule has 1 aliphatic heterocycles. The number of carbonyl (C=O) groups excluding carboxylic acids is 1. The van der Waals surface area contributed by atoms with Gasteiger partial charge in [0.15, 0.2) is 5.69 Å². The highest BCUT2D eigenvalue weighted by Gasteiger charge is 2.27. The van der Waals surface area contributed by atoms with E-state index in [9.17, 15) is 14.7 Å². The number of amides is 1. The molecule has 1 aliphatic carbocycles. The number of hydrogen-bond acceptors (Lipinski definition) is 6. The van der Waals surface area contributed by atoms with Crippen LogP contribution in [0.1, 0.15) is 59.3 Å². The monoisotopic (exact) mass is 534 g/mol. The van der Waals surface area contributed by atoms with E-state index in [-0.39, 0.29) is 12.2 Å². The predicted molar refractivity (Wildman–Crippen MR) is 146 cm³/mol. The number of halogens is 1. The molecule has 2 aromatic carbocycles. The molecule has 8 nitrogen and oxygen atoms in total. The molecule has 0 bridgehead atoms. The van der Waals surface area contributed by atoms with Gasteiger partial charge in [-0.05, 0) is 61.1 Å². The first-order chi connectivity index (χ1) is 18.4. The van der Waals surface area contributed by atoms with Crippen LogP contribution >= 0.6 is 11.6 Å². The van der Waals surface area contributed by atoms with Crippen LogP contribution in [-0.4, -0.2) is 58.0 Å². The molecule has 1 saturated heterocycles. The second kappa shape index (κ2) is 11.7. The highest BCUT2D eigenvalue weighted by Crippen LogP contribution is 2.28. The Morgan fingerprint density at radius 3 is 2.61 bits per heavy atom. The minimum atomic E-state index is -1.03. The Bertz CT molecular complexity index is 1430. The fraction of sp³-hybridized carbons (Fsp3) is 0.414. The number of aliphatic hydroxyl groups is 1. The van der Waals surface area contributed by atoms with Gasteiger partial charge in [-0.15, -0.1) is 0 Å². The van der Waals surface area contributed by atoms with Crippen molar-refractivity contribution < 1.29 is 14.6 Å². The lowest BCUT2D eigenvalue weighted by atomic mass is 9.85. The molecule has 0 spiro atoms. The quantitative estimate of drug-likeness (QED) is 0.433. The first-order valence-corrected chi connectivity index (χ1v) is 13.4. The molecule has 0 atom stereocenters. The SMILES string of the molecule is O=C(NCc1ccc(Cl)cc1)c1n[nH]c2c(C#CC3(O)CCCCC3)cc(CN3CCOCC3)cc2c1=O. The minimum Gasteiger partial charge on any atom is -0.379 e. The molecule has 198 valence electrons. The smallest absolute Gasteiger partial charge is 0.276 e. The second-order valence-electron chi connectivity index (χ2n) is 10.0. The Hall–Kier alpha value is -3.22. The summed E-state index contributed by atoms with van der Waals surface area (Å²) in [5.41, 5.74) is 1.11. The number of aromatic amines is 1. The van der Waals surface area contributed by atoms with Crippen molar-refractivity contribution in [3.8, 4) is 11.8 Å². The first kappa shape index (κ1) is 26.4. The third-order valence-electron chi connectivity index (χ3n) is 7.14. The molecular formula is C29H31ClN4O4. The number of nitrogens with zero attached hydrogens (tertiary/aromatic N) is 2. The van der Waals surface area contributed by atoms with Crippen LogP contribution < -0.4 is 10.7 Å². The van der Waals surface area contributed by atoms with Crippen molar-refractivity contribution in [3.63, 3.8) is 0 Å². The summed E-state index contributed by atoms with van der Waals surface area (Å²) >= 11 is 5.93. The molecule has 9 heteroatoms. The molecule has 0 radical (unpaired) electrons. The summed E-state index contributed by atoms with van der Waals surface area (Å²) in [6.45, 7) is 3.78. The van der Waals surface area contributed by atoms with Crippen LogP contribution in [0, 0.1) is 11.8 Å². The standard InChI is InChI=1S/C29H31ClN4O4/c30-23-6-4-20(5-7-23)18-31-28(36)26-27(35)24-17-21(19-34-12-14-38-15-13-34)16-22(25(24)32-33-26)8-11-29(37)9-2-1-3-10-29/h4-7,16-17,37H,1-3,9-10,12-15,18-19H2,(H,31,36)(H,32,35). The van der Waals surface area contributed by atoms with Gasteiger partial charge in [-0.25, -0.2) is 0 Å². The minimum absolute atomic E-state index is 0.209. The van der Waals surface area contributed by atoms with Crippen molar-refractivity contribution >= 4 is 28.4 Å². The molecule has 0 unspecified atom stereocenters. The average molecular weight is 535 g/mol. The van der Waals surface area contributed by atoms with Crippen molar-refractivity contribution in [1.29, 1.82) is 0 Å². The lowest BCUT2D eigenvalue weighted by Gasteiger charge is -2.27. The molecular weight excluding hydrogens is 504 g/mol. The van der Waals surface area contributed by atoms with Crippen LogP contribution in [-0.2, 0) is 17.8 Å². The van der Waals surface area contributed by atoms with Crippen molar-refractivity contribution in [2.24, 2.45) is 0 Å². The summed E-state index contributed by atoms with van der Waals surface area (Å²) in [5.74, 6) is 5.64. The van der Waals surface area contributed by atoms with Crippen LogP contribution in [0.5, 0.6) is 0 Å². The van der Waals surface area contributed by atoms with Crippen LogP contribution in [0.3, 0.4) is 0 Å². The summed E-state index contributed by atoms with van der Waals surface area (Å²) in [4.78, 5) is 28.7. The lowest BCUT2D eigenvalue weighted by Crippen LogP contribution is -2.35. The number of rotatable bonds is 5. The van der Waals surface area contributed by atoms with Crippen LogP contribution in [0.15, 0.2) is 41.2 Å². The highest BCUT2D eigenvalue weighted by molar-refractivity contribution is 6.30. The van der Waals surface area contributed by atoms with Gasteiger partial charge in [-0.1, -0.05) is 42.0 Å². The van der Waals surface area contributed by atoms with Crippen molar-refractivity contribution in [1.82, 2.24) is 20.4 Å². The van der Waals surface area contributed by atoms with Crippen molar-refractivity contribution in [2.45, 2.75) is 50.8 Å². The Kier molecular flexibility index (Phi) is 8.10. The molecule has 5 rings (SSSR count). The number of carbonyl (C=O) groups is 1. The van der Waals surface area contributed by atoms with E-state index >= 15 is 0 Å². The lowest BCUT2D eigenvalue weighted by molar-refractivity contribution is 0.0342. The average Bonchev–Trinajstić information content (AvgIpc) is 2.93. The molecule has 3 aromatic rings. The number of aromatic nitrogens is 2. The fourth-order valence-electron chi connectivity index (χ4n) is 4.97. The Balaban J connectivity index is 1.48. The van der Waals surface area contributed by atoms with E-state index in [1.165, 1.54) is 0 Å². The predicted octanol–water partition coefficient (Wildman–Crippen LogP) is 3.39. The molecule has 1 amide bonds. The van der Waals surface area contributed by atoms with E-state index in [4.69, 9.17) is 16.3 Å². The maximum Gasteiger partial charge on any atom is 0.276 e. The van der Waals surface area contributed by atoms with E-state index in [0.29, 0.717) is 54.1 Å². The number of morpholine rings is 1. The number of nitrogens with one attached hydrogen (secondary N) is 2. The summed E-state index contributed by atoms with van der Waals surface area (Å²) < 4.78 is 5.46. The number of benzene rings is 2. The van der Waals surface area contributed by atoms with E-state index in [2.05, 4.69) is 32.3 Å². The number of fused-ring (bicyclic) bond motifs is 1. The van der Waals surface area contributed by atoms with Gasteiger partial charge in [0.05, 0.1) is 29.7 Å². The van der Waals surface area contributed by atoms with Gasteiger partial charge in [-0.3, -0.25) is 19.6 Å². The van der Waals surface area contributed by atoms with Gasteiger partial charge in [0.2, 0.25) is 5.43 Å². The summed E-state index contributed by atoms with van der Waals surface area (Å²) in [5, 5.41) is 21.7. The number of hydrogen-bond donors (Lipinski definition) is 3. The molecule has 3 N–H and O–H groups in total. The van der Waals surface area contributed by atoms with Crippen molar-refractivity contribution in [3.05, 3.63) is 74.0 Å². The van der Waals surface area contributed by atoms with Crippen LogP contribution in [0.4, 0.5) is 0 Å². The maximum atomic E-state index is 13.5.